The van der Waals surface area contributed by atoms with Crippen molar-refractivity contribution < 1.29 is 4.79 Å². The summed E-state index contributed by atoms with van der Waals surface area (Å²) in [5.74, 6) is 0.158. The van der Waals surface area contributed by atoms with E-state index in [1.165, 1.54) is 36.1 Å². The van der Waals surface area contributed by atoms with Crippen LogP contribution >= 0.6 is 0 Å². The lowest BCUT2D eigenvalue weighted by atomic mass is 9.84. The summed E-state index contributed by atoms with van der Waals surface area (Å²) in [5, 5.41) is 2.91. The Hall–Kier alpha value is -1.89. The van der Waals surface area contributed by atoms with Crippen molar-refractivity contribution in [3.63, 3.8) is 0 Å². The molecule has 1 unspecified atom stereocenters. The lowest BCUT2D eigenvalue weighted by Gasteiger charge is -2.30. The molecule has 1 amide bonds. The van der Waals surface area contributed by atoms with Gasteiger partial charge in [-0.25, -0.2) is 4.79 Å². The lowest BCUT2D eigenvalue weighted by Crippen LogP contribution is -2.47. The summed E-state index contributed by atoms with van der Waals surface area (Å²) in [5.41, 5.74) is 4.71. The Morgan fingerprint density at radius 1 is 1.38 bits per heavy atom. The van der Waals surface area contributed by atoms with Crippen LogP contribution in [-0.2, 0) is 11.3 Å². The number of H-pyrrole nitrogens is 1. The van der Waals surface area contributed by atoms with Crippen molar-refractivity contribution in [3.05, 3.63) is 33.1 Å². The fraction of sp³-hybridized carbons (Fsp3) is 0.643. The minimum absolute atomic E-state index is 0.0451. The van der Waals surface area contributed by atoms with Crippen molar-refractivity contribution >= 4 is 5.91 Å². The first-order chi connectivity index (χ1) is 10.1. The number of rotatable bonds is 5. The van der Waals surface area contributed by atoms with Crippen LogP contribution in [-0.4, -0.2) is 28.0 Å². The molecule has 0 radical (unpaired) electrons. The minimum atomic E-state index is -0.584. The van der Waals surface area contributed by atoms with Crippen molar-refractivity contribution in [1.82, 2.24) is 14.9 Å². The zero-order valence-electron chi connectivity index (χ0n) is 12.0. The van der Waals surface area contributed by atoms with Crippen LogP contribution in [0.4, 0.5) is 0 Å². The molecule has 1 aliphatic carbocycles. The van der Waals surface area contributed by atoms with Gasteiger partial charge in [-0.2, -0.15) is 0 Å². The van der Waals surface area contributed by atoms with Gasteiger partial charge >= 0.3 is 5.69 Å². The van der Waals surface area contributed by atoms with Crippen molar-refractivity contribution in [2.24, 2.45) is 11.7 Å². The standard InChI is InChI=1S/C14H22N4O3/c15-8-11(10-4-2-1-3-5-10)16-13(20)9-18-7-6-12(19)17-14(18)21/h6-7,10-11H,1-5,8-9,15H2,(H,16,20)(H,17,19,21). The molecule has 0 bridgehead atoms. The number of carbonyl (C=O) groups excluding carboxylic acids is 1. The van der Waals surface area contributed by atoms with Gasteiger partial charge in [0, 0.05) is 24.8 Å². The van der Waals surface area contributed by atoms with E-state index in [1.807, 2.05) is 0 Å². The monoisotopic (exact) mass is 294 g/mol. The molecule has 0 saturated heterocycles. The average molecular weight is 294 g/mol. The highest BCUT2D eigenvalue weighted by molar-refractivity contribution is 5.76. The summed E-state index contributed by atoms with van der Waals surface area (Å²) < 4.78 is 1.17. The molecule has 7 nitrogen and oxygen atoms in total. The number of aromatic amines is 1. The van der Waals surface area contributed by atoms with E-state index in [9.17, 15) is 14.4 Å². The number of hydrogen-bond donors (Lipinski definition) is 3. The van der Waals surface area contributed by atoms with E-state index >= 15 is 0 Å². The van der Waals surface area contributed by atoms with Gasteiger partial charge in [0.05, 0.1) is 0 Å². The highest BCUT2D eigenvalue weighted by Gasteiger charge is 2.24. The maximum absolute atomic E-state index is 12.0. The molecule has 1 aromatic heterocycles. The number of carbonyl (C=O) groups is 1. The first-order valence-corrected chi connectivity index (χ1v) is 7.39. The third-order valence-corrected chi connectivity index (χ3v) is 4.03. The third kappa shape index (κ3) is 4.29. The summed E-state index contributed by atoms with van der Waals surface area (Å²) in [4.78, 5) is 36.7. The number of nitrogens with two attached hydrogens (primary N) is 1. The van der Waals surface area contributed by atoms with E-state index in [0.717, 1.165) is 12.8 Å². The number of amides is 1. The van der Waals surface area contributed by atoms with E-state index in [1.54, 1.807) is 0 Å². The van der Waals surface area contributed by atoms with Crippen LogP contribution in [0.2, 0.25) is 0 Å². The third-order valence-electron chi connectivity index (χ3n) is 4.03. The molecule has 1 atom stereocenters. The van der Waals surface area contributed by atoms with Gasteiger partial charge in [0.2, 0.25) is 5.91 Å². The summed E-state index contributed by atoms with van der Waals surface area (Å²) in [6.45, 7) is 0.287. The molecule has 1 saturated carbocycles. The number of hydrogen-bond acceptors (Lipinski definition) is 4. The fourth-order valence-electron chi connectivity index (χ4n) is 2.88. The number of aromatic nitrogens is 2. The lowest BCUT2D eigenvalue weighted by molar-refractivity contribution is -0.122. The predicted molar refractivity (Wildman–Crippen MR) is 78.9 cm³/mol. The molecule has 1 aliphatic rings. The molecule has 1 aromatic rings. The number of nitrogens with zero attached hydrogens (tertiary/aromatic N) is 1. The smallest absolute Gasteiger partial charge is 0.328 e. The molecule has 0 aromatic carbocycles. The van der Waals surface area contributed by atoms with Crippen LogP contribution in [0.1, 0.15) is 32.1 Å². The van der Waals surface area contributed by atoms with Gasteiger partial charge < -0.3 is 11.1 Å². The number of nitrogens with one attached hydrogen (secondary N) is 2. The summed E-state index contributed by atoms with van der Waals surface area (Å²) in [6.07, 6.45) is 7.08. The zero-order valence-corrected chi connectivity index (χ0v) is 12.0. The zero-order chi connectivity index (χ0) is 15.2. The Morgan fingerprint density at radius 3 is 2.71 bits per heavy atom. The van der Waals surface area contributed by atoms with Crippen molar-refractivity contribution in [2.75, 3.05) is 6.54 Å². The van der Waals surface area contributed by atoms with E-state index in [-0.39, 0.29) is 18.5 Å². The van der Waals surface area contributed by atoms with E-state index < -0.39 is 11.2 Å². The van der Waals surface area contributed by atoms with E-state index in [0.29, 0.717) is 12.5 Å². The topological polar surface area (TPSA) is 110 Å². The summed E-state index contributed by atoms with van der Waals surface area (Å²) >= 11 is 0. The normalized spacial score (nSPS) is 17.4. The van der Waals surface area contributed by atoms with Gasteiger partial charge in [-0.3, -0.25) is 19.1 Å². The molecular weight excluding hydrogens is 272 g/mol. The van der Waals surface area contributed by atoms with Crippen LogP contribution in [0.25, 0.3) is 0 Å². The van der Waals surface area contributed by atoms with Crippen LogP contribution in [0, 0.1) is 5.92 Å². The molecule has 116 valence electrons. The fourth-order valence-corrected chi connectivity index (χ4v) is 2.88. The Kier molecular flexibility index (Phi) is 5.32. The van der Waals surface area contributed by atoms with Crippen LogP contribution < -0.4 is 22.3 Å². The average Bonchev–Trinajstić information content (AvgIpc) is 2.48. The molecular formula is C14H22N4O3. The summed E-state index contributed by atoms with van der Waals surface area (Å²) in [6, 6.07) is 1.17. The quantitative estimate of drug-likeness (QED) is 0.683. The maximum Gasteiger partial charge on any atom is 0.328 e. The molecule has 21 heavy (non-hydrogen) atoms. The first-order valence-electron chi connectivity index (χ1n) is 7.39. The van der Waals surface area contributed by atoms with Crippen LogP contribution in [0.15, 0.2) is 21.9 Å². The molecule has 4 N–H and O–H groups in total. The van der Waals surface area contributed by atoms with Crippen molar-refractivity contribution in [3.8, 4) is 0 Å². The largest absolute Gasteiger partial charge is 0.350 e. The molecule has 1 fully saturated rings. The predicted octanol–water partition coefficient (Wildman–Crippen LogP) is -0.440. The Morgan fingerprint density at radius 2 is 2.10 bits per heavy atom. The Bertz CT molecular complexity index is 586. The van der Waals surface area contributed by atoms with Gasteiger partial charge in [-0.05, 0) is 18.8 Å². The van der Waals surface area contributed by atoms with E-state index in [4.69, 9.17) is 5.73 Å². The van der Waals surface area contributed by atoms with E-state index in [2.05, 4.69) is 10.3 Å². The first kappa shape index (κ1) is 15.5. The second kappa shape index (κ2) is 7.21. The van der Waals surface area contributed by atoms with Crippen molar-refractivity contribution in [2.45, 2.75) is 44.7 Å². The maximum atomic E-state index is 12.0. The van der Waals surface area contributed by atoms with Crippen LogP contribution in [0.3, 0.4) is 0 Å². The Labute approximate surface area is 122 Å². The molecule has 0 aliphatic heterocycles. The van der Waals surface area contributed by atoms with Gasteiger partial charge in [0.1, 0.15) is 6.54 Å². The minimum Gasteiger partial charge on any atom is -0.350 e. The van der Waals surface area contributed by atoms with Crippen LogP contribution in [0.5, 0.6) is 0 Å². The van der Waals surface area contributed by atoms with Gasteiger partial charge in [0.25, 0.3) is 5.56 Å². The molecule has 2 rings (SSSR count). The van der Waals surface area contributed by atoms with Crippen molar-refractivity contribution in [1.29, 1.82) is 0 Å². The highest BCUT2D eigenvalue weighted by Crippen LogP contribution is 2.26. The second-order valence-corrected chi connectivity index (χ2v) is 5.55. The van der Waals surface area contributed by atoms with Gasteiger partial charge in [-0.1, -0.05) is 19.3 Å². The SMILES string of the molecule is NCC(NC(=O)Cn1ccc(=O)[nH]c1=O)C1CCCCC1. The molecule has 7 heteroatoms. The van der Waals surface area contributed by atoms with Gasteiger partial charge in [0.15, 0.2) is 0 Å². The molecule has 0 spiro atoms. The Balaban J connectivity index is 1.96. The highest BCUT2D eigenvalue weighted by atomic mass is 16.2. The molecule has 1 heterocycles. The summed E-state index contributed by atoms with van der Waals surface area (Å²) in [7, 11) is 0. The second-order valence-electron chi connectivity index (χ2n) is 5.55. The van der Waals surface area contributed by atoms with Gasteiger partial charge in [-0.15, -0.1) is 0 Å².